The smallest absolute Gasteiger partial charge is 0.0455 e. The van der Waals surface area contributed by atoms with Crippen LogP contribution in [0.1, 0.15) is 48.0 Å². The van der Waals surface area contributed by atoms with Gasteiger partial charge in [0.15, 0.2) is 0 Å². The highest BCUT2D eigenvalue weighted by Gasteiger charge is 2.33. The van der Waals surface area contributed by atoms with Crippen molar-refractivity contribution in [2.24, 2.45) is 0 Å². The maximum absolute atomic E-state index is 4.14. The van der Waals surface area contributed by atoms with E-state index >= 15 is 0 Å². The molecule has 0 aliphatic heterocycles. The maximum atomic E-state index is 4.14. The molecule has 16 heavy (non-hydrogen) atoms. The van der Waals surface area contributed by atoms with Crippen LogP contribution in [0.25, 0.3) is 0 Å². The minimum atomic E-state index is 0.129. The molecule has 96 valence electrons. The van der Waals surface area contributed by atoms with Crippen molar-refractivity contribution in [2.75, 3.05) is 19.6 Å². The first-order chi connectivity index (χ1) is 7.41. The van der Waals surface area contributed by atoms with Crippen molar-refractivity contribution >= 4 is 0 Å². The summed E-state index contributed by atoms with van der Waals surface area (Å²) >= 11 is 0. The van der Waals surface area contributed by atoms with Gasteiger partial charge in [0.25, 0.3) is 0 Å². The molecule has 0 aromatic rings. The van der Waals surface area contributed by atoms with Crippen LogP contribution in [-0.2, 0) is 0 Å². The minimum Gasteiger partial charge on any atom is -0.309 e. The Bertz CT molecular complexity index is 205. The van der Waals surface area contributed by atoms with Gasteiger partial charge in [-0.2, -0.15) is 0 Å². The van der Waals surface area contributed by atoms with Crippen molar-refractivity contribution in [3.05, 3.63) is 12.2 Å². The molecule has 0 aliphatic rings. The van der Waals surface area contributed by atoms with E-state index in [1.54, 1.807) is 0 Å². The summed E-state index contributed by atoms with van der Waals surface area (Å²) in [5.74, 6) is 0. The third-order valence-electron chi connectivity index (χ3n) is 3.38. The van der Waals surface area contributed by atoms with Gasteiger partial charge in [-0.05, 0) is 46.8 Å². The summed E-state index contributed by atoms with van der Waals surface area (Å²) in [4.78, 5) is 2.50. The molecule has 0 saturated carbocycles. The standard InChI is InChI=1S/C14H30N2/c1-8-11-15-13(12(4)5)14(6,7)16(9-2)10-3/h13,15H,4,8-11H2,1-3,5-7H3. The predicted octanol–water partition coefficient (Wildman–Crippen LogP) is 3.05. The van der Waals surface area contributed by atoms with Crippen LogP contribution in [0.15, 0.2) is 12.2 Å². The van der Waals surface area contributed by atoms with Crippen LogP contribution in [0.4, 0.5) is 0 Å². The SMILES string of the molecule is C=C(C)C(NCCC)C(C)(C)N(CC)CC. The quantitative estimate of drug-likeness (QED) is 0.640. The Hall–Kier alpha value is -0.340. The van der Waals surface area contributed by atoms with Gasteiger partial charge in [-0.1, -0.05) is 32.9 Å². The number of hydrogen-bond acceptors (Lipinski definition) is 2. The van der Waals surface area contributed by atoms with Crippen molar-refractivity contribution in [1.82, 2.24) is 10.2 Å². The second-order valence-corrected chi connectivity index (χ2v) is 5.06. The predicted molar refractivity (Wildman–Crippen MR) is 73.9 cm³/mol. The van der Waals surface area contributed by atoms with Gasteiger partial charge in [-0.25, -0.2) is 0 Å². The average molecular weight is 226 g/mol. The van der Waals surface area contributed by atoms with Crippen molar-refractivity contribution in [1.29, 1.82) is 0 Å². The van der Waals surface area contributed by atoms with Crippen LogP contribution in [0.5, 0.6) is 0 Å². The van der Waals surface area contributed by atoms with Crippen LogP contribution >= 0.6 is 0 Å². The van der Waals surface area contributed by atoms with E-state index in [0.717, 1.165) is 26.1 Å². The fourth-order valence-corrected chi connectivity index (χ4v) is 2.54. The number of hydrogen-bond donors (Lipinski definition) is 1. The first-order valence-corrected chi connectivity index (χ1v) is 6.55. The summed E-state index contributed by atoms with van der Waals surface area (Å²) < 4.78 is 0. The summed E-state index contributed by atoms with van der Waals surface area (Å²) in [6.07, 6.45) is 1.16. The molecule has 1 unspecified atom stereocenters. The molecule has 0 bridgehead atoms. The monoisotopic (exact) mass is 226 g/mol. The molecule has 0 rings (SSSR count). The Morgan fingerprint density at radius 2 is 1.75 bits per heavy atom. The minimum absolute atomic E-state index is 0.129. The van der Waals surface area contributed by atoms with Crippen molar-refractivity contribution in [3.8, 4) is 0 Å². The van der Waals surface area contributed by atoms with Crippen LogP contribution in [0.2, 0.25) is 0 Å². The first kappa shape index (κ1) is 15.7. The number of likely N-dealkylation sites (N-methyl/N-ethyl adjacent to an activating group) is 1. The van der Waals surface area contributed by atoms with E-state index in [0.29, 0.717) is 6.04 Å². The van der Waals surface area contributed by atoms with E-state index in [4.69, 9.17) is 0 Å². The van der Waals surface area contributed by atoms with Gasteiger partial charge in [0, 0.05) is 11.6 Å². The zero-order valence-corrected chi connectivity index (χ0v) is 12.1. The van der Waals surface area contributed by atoms with Crippen molar-refractivity contribution in [2.45, 2.75) is 59.5 Å². The van der Waals surface area contributed by atoms with Crippen LogP contribution in [-0.4, -0.2) is 36.1 Å². The molecule has 0 aliphatic carbocycles. The molecule has 0 fully saturated rings. The summed E-state index contributed by atoms with van der Waals surface area (Å²) in [5.41, 5.74) is 1.36. The van der Waals surface area contributed by atoms with E-state index in [-0.39, 0.29) is 5.54 Å². The van der Waals surface area contributed by atoms with Gasteiger partial charge >= 0.3 is 0 Å². The summed E-state index contributed by atoms with van der Waals surface area (Å²) in [7, 11) is 0. The number of nitrogens with zero attached hydrogens (tertiary/aromatic N) is 1. The third kappa shape index (κ3) is 3.91. The fraction of sp³-hybridized carbons (Fsp3) is 0.857. The third-order valence-corrected chi connectivity index (χ3v) is 3.38. The summed E-state index contributed by atoms with van der Waals surface area (Å²) in [5, 5.41) is 3.62. The topological polar surface area (TPSA) is 15.3 Å². The highest BCUT2D eigenvalue weighted by atomic mass is 15.2. The molecular weight excluding hydrogens is 196 g/mol. The molecule has 0 aromatic heterocycles. The van der Waals surface area contributed by atoms with Crippen molar-refractivity contribution < 1.29 is 0 Å². The molecule has 1 N–H and O–H groups in total. The fourth-order valence-electron chi connectivity index (χ4n) is 2.54. The molecule has 2 nitrogen and oxygen atoms in total. The Labute approximate surface area is 102 Å². The second kappa shape index (κ2) is 7.08. The first-order valence-electron chi connectivity index (χ1n) is 6.55. The Kier molecular flexibility index (Phi) is 6.93. The van der Waals surface area contributed by atoms with Gasteiger partial charge in [-0.15, -0.1) is 0 Å². The van der Waals surface area contributed by atoms with Crippen LogP contribution < -0.4 is 5.32 Å². The lowest BCUT2D eigenvalue weighted by molar-refractivity contribution is 0.104. The number of rotatable bonds is 8. The Balaban J connectivity index is 4.79. The van der Waals surface area contributed by atoms with E-state index in [1.807, 2.05) is 0 Å². The zero-order chi connectivity index (χ0) is 12.8. The normalized spacial score (nSPS) is 14.2. The molecule has 0 heterocycles. The van der Waals surface area contributed by atoms with Gasteiger partial charge in [0.2, 0.25) is 0 Å². The van der Waals surface area contributed by atoms with E-state index in [2.05, 4.69) is 58.3 Å². The number of nitrogens with one attached hydrogen (secondary N) is 1. The highest BCUT2D eigenvalue weighted by Crippen LogP contribution is 2.23. The molecule has 0 amide bonds. The largest absolute Gasteiger partial charge is 0.309 e. The molecular formula is C14H30N2. The molecule has 0 spiro atoms. The second-order valence-electron chi connectivity index (χ2n) is 5.06. The summed E-state index contributed by atoms with van der Waals surface area (Å²) in [6, 6.07) is 0.368. The highest BCUT2D eigenvalue weighted by molar-refractivity contribution is 5.12. The Morgan fingerprint density at radius 3 is 2.06 bits per heavy atom. The van der Waals surface area contributed by atoms with Gasteiger partial charge in [0.05, 0.1) is 0 Å². The molecule has 2 heteroatoms. The van der Waals surface area contributed by atoms with Crippen molar-refractivity contribution in [3.63, 3.8) is 0 Å². The molecule has 1 atom stereocenters. The van der Waals surface area contributed by atoms with Gasteiger partial charge in [-0.3, -0.25) is 4.90 Å². The maximum Gasteiger partial charge on any atom is 0.0455 e. The summed E-state index contributed by atoms with van der Waals surface area (Å²) in [6.45, 7) is 20.7. The Morgan fingerprint density at radius 1 is 1.25 bits per heavy atom. The van der Waals surface area contributed by atoms with E-state index in [9.17, 15) is 0 Å². The van der Waals surface area contributed by atoms with Crippen LogP contribution in [0.3, 0.4) is 0 Å². The van der Waals surface area contributed by atoms with Gasteiger partial charge < -0.3 is 5.32 Å². The lowest BCUT2D eigenvalue weighted by Gasteiger charge is -2.44. The average Bonchev–Trinajstić information content (AvgIpc) is 2.18. The van der Waals surface area contributed by atoms with Gasteiger partial charge in [0.1, 0.15) is 0 Å². The molecule has 0 aromatic carbocycles. The molecule has 0 radical (unpaired) electrons. The zero-order valence-electron chi connectivity index (χ0n) is 12.1. The lowest BCUT2D eigenvalue weighted by Crippen LogP contribution is -2.58. The van der Waals surface area contributed by atoms with E-state index < -0.39 is 0 Å². The van der Waals surface area contributed by atoms with E-state index in [1.165, 1.54) is 5.57 Å². The lowest BCUT2D eigenvalue weighted by atomic mass is 9.87. The van der Waals surface area contributed by atoms with Crippen LogP contribution in [0, 0.1) is 0 Å². The molecule has 0 saturated heterocycles.